The van der Waals surface area contributed by atoms with Crippen LogP contribution in [0.3, 0.4) is 0 Å². The van der Waals surface area contributed by atoms with E-state index in [4.69, 9.17) is 4.74 Å². The van der Waals surface area contributed by atoms with Gasteiger partial charge >= 0.3 is 5.97 Å². The second-order valence-electron chi connectivity index (χ2n) is 5.69. The number of esters is 1. The summed E-state index contributed by atoms with van der Waals surface area (Å²) in [6.07, 6.45) is 12.2. The van der Waals surface area contributed by atoms with Gasteiger partial charge in [0.15, 0.2) is 0 Å². The largest absolute Gasteiger partial charge is 0.457 e. The molecule has 96 valence electrons. The van der Waals surface area contributed by atoms with Crippen molar-refractivity contribution in [3.05, 3.63) is 37.5 Å². The van der Waals surface area contributed by atoms with Crippen LogP contribution < -0.4 is 0 Å². The Hall–Kier alpha value is -1.31. The van der Waals surface area contributed by atoms with Crippen molar-refractivity contribution in [2.45, 2.75) is 31.3 Å². The van der Waals surface area contributed by atoms with E-state index in [-0.39, 0.29) is 29.3 Å². The van der Waals surface area contributed by atoms with Crippen LogP contribution in [-0.2, 0) is 9.53 Å². The van der Waals surface area contributed by atoms with E-state index in [0.29, 0.717) is 5.92 Å². The summed E-state index contributed by atoms with van der Waals surface area (Å²) in [6, 6.07) is 0. The van der Waals surface area contributed by atoms with E-state index in [9.17, 15) is 4.79 Å². The Morgan fingerprint density at radius 1 is 1.17 bits per heavy atom. The lowest BCUT2D eigenvalue weighted by molar-refractivity contribution is -0.155. The van der Waals surface area contributed by atoms with Crippen molar-refractivity contribution in [2.75, 3.05) is 0 Å². The average molecular weight is 244 g/mol. The Morgan fingerprint density at radius 2 is 1.78 bits per heavy atom. The van der Waals surface area contributed by atoms with Crippen LogP contribution in [0.5, 0.6) is 0 Å². The van der Waals surface area contributed by atoms with Crippen molar-refractivity contribution in [1.82, 2.24) is 0 Å². The van der Waals surface area contributed by atoms with Gasteiger partial charge in [-0.05, 0) is 25.7 Å². The van der Waals surface area contributed by atoms with Gasteiger partial charge in [0.05, 0.1) is 5.92 Å². The number of carbonyl (C=O) groups is 1. The Balaban J connectivity index is 2.06. The molecule has 0 aromatic carbocycles. The quantitative estimate of drug-likeness (QED) is 0.550. The number of hydrogen-bond donors (Lipinski definition) is 0. The molecule has 2 aliphatic carbocycles. The van der Waals surface area contributed by atoms with E-state index >= 15 is 0 Å². The molecule has 0 N–H and O–H groups in total. The van der Waals surface area contributed by atoms with E-state index in [0.717, 1.165) is 25.7 Å². The number of ether oxygens (including phenoxy) is 1. The number of allylic oxidation sites excluding steroid dienone is 2. The fourth-order valence-corrected chi connectivity index (χ4v) is 4.29. The van der Waals surface area contributed by atoms with Crippen LogP contribution >= 0.6 is 0 Å². The van der Waals surface area contributed by atoms with E-state index in [2.05, 4.69) is 25.3 Å². The molecule has 0 bridgehead atoms. The molecule has 3 rings (SSSR count). The van der Waals surface area contributed by atoms with Crippen LogP contribution in [0, 0.1) is 23.7 Å². The van der Waals surface area contributed by atoms with Crippen molar-refractivity contribution < 1.29 is 9.53 Å². The lowest BCUT2D eigenvalue weighted by Crippen LogP contribution is -2.45. The molecule has 18 heavy (non-hydrogen) atoms. The summed E-state index contributed by atoms with van der Waals surface area (Å²) in [5, 5.41) is 0. The van der Waals surface area contributed by atoms with Crippen molar-refractivity contribution in [3.8, 4) is 0 Å². The Labute approximate surface area is 108 Å². The van der Waals surface area contributed by atoms with Crippen LogP contribution in [0.15, 0.2) is 37.5 Å². The highest BCUT2D eigenvalue weighted by Gasteiger charge is 2.63. The van der Waals surface area contributed by atoms with Gasteiger partial charge < -0.3 is 4.74 Å². The molecular formula is C16H20O2. The Kier molecular flexibility index (Phi) is 2.69. The SMILES string of the molecule is C=C[C@@H]1CC[C@@H](C=C)C12OC(=O)[C@@H]1CC=CC[C@@H]12. The zero-order valence-electron chi connectivity index (χ0n) is 10.7. The zero-order valence-corrected chi connectivity index (χ0v) is 10.7. The van der Waals surface area contributed by atoms with Crippen LogP contribution in [0.2, 0.25) is 0 Å². The third kappa shape index (κ3) is 1.32. The fourth-order valence-electron chi connectivity index (χ4n) is 4.29. The van der Waals surface area contributed by atoms with Gasteiger partial charge in [0, 0.05) is 17.8 Å². The zero-order chi connectivity index (χ0) is 12.8. The molecule has 2 fully saturated rings. The molecule has 1 aliphatic heterocycles. The van der Waals surface area contributed by atoms with Crippen molar-refractivity contribution >= 4 is 5.97 Å². The van der Waals surface area contributed by atoms with Gasteiger partial charge in [-0.2, -0.15) is 0 Å². The first-order valence-corrected chi connectivity index (χ1v) is 6.87. The lowest BCUT2D eigenvalue weighted by atomic mass is 9.67. The summed E-state index contributed by atoms with van der Waals surface area (Å²) in [6.45, 7) is 7.90. The third-order valence-corrected chi connectivity index (χ3v) is 5.11. The lowest BCUT2D eigenvalue weighted by Gasteiger charge is -2.39. The molecule has 3 aliphatic rings. The summed E-state index contributed by atoms with van der Waals surface area (Å²) in [5.74, 6) is 0.920. The highest BCUT2D eigenvalue weighted by molar-refractivity contribution is 5.77. The number of fused-ring (bicyclic) bond motifs is 2. The van der Waals surface area contributed by atoms with Crippen molar-refractivity contribution in [1.29, 1.82) is 0 Å². The molecule has 2 heteroatoms. The topological polar surface area (TPSA) is 26.3 Å². The molecule has 0 radical (unpaired) electrons. The van der Waals surface area contributed by atoms with Crippen molar-refractivity contribution in [3.63, 3.8) is 0 Å². The third-order valence-electron chi connectivity index (χ3n) is 5.11. The minimum Gasteiger partial charge on any atom is -0.457 e. The highest BCUT2D eigenvalue weighted by Crippen LogP contribution is 2.57. The molecule has 0 unspecified atom stereocenters. The van der Waals surface area contributed by atoms with Gasteiger partial charge in [0.1, 0.15) is 5.60 Å². The van der Waals surface area contributed by atoms with E-state index in [1.807, 2.05) is 12.2 Å². The van der Waals surface area contributed by atoms with Gasteiger partial charge in [0.2, 0.25) is 0 Å². The molecular weight excluding hydrogens is 224 g/mol. The molecule has 1 heterocycles. The molecule has 1 saturated heterocycles. The predicted molar refractivity (Wildman–Crippen MR) is 70.8 cm³/mol. The molecule has 0 amide bonds. The predicted octanol–water partition coefficient (Wildman–Crippen LogP) is 3.26. The normalized spacial score (nSPS) is 40.6. The molecule has 1 spiro atoms. The van der Waals surface area contributed by atoms with E-state index in [1.54, 1.807) is 0 Å². The van der Waals surface area contributed by atoms with Gasteiger partial charge in [0.25, 0.3) is 0 Å². The summed E-state index contributed by atoms with van der Waals surface area (Å²) in [7, 11) is 0. The average Bonchev–Trinajstić information content (AvgIpc) is 2.90. The van der Waals surface area contributed by atoms with Crippen LogP contribution in [-0.4, -0.2) is 11.6 Å². The van der Waals surface area contributed by atoms with Crippen LogP contribution in [0.1, 0.15) is 25.7 Å². The van der Waals surface area contributed by atoms with Crippen molar-refractivity contribution in [2.24, 2.45) is 23.7 Å². The maximum Gasteiger partial charge on any atom is 0.310 e. The van der Waals surface area contributed by atoms with E-state index in [1.165, 1.54) is 0 Å². The van der Waals surface area contributed by atoms with Gasteiger partial charge in [-0.1, -0.05) is 24.3 Å². The minimum absolute atomic E-state index is 0.00931. The second kappa shape index (κ2) is 4.11. The van der Waals surface area contributed by atoms with E-state index < -0.39 is 0 Å². The number of carbonyl (C=O) groups excluding carboxylic acids is 1. The monoisotopic (exact) mass is 244 g/mol. The van der Waals surface area contributed by atoms with Crippen LogP contribution in [0.4, 0.5) is 0 Å². The first-order chi connectivity index (χ1) is 8.74. The van der Waals surface area contributed by atoms with Crippen LogP contribution in [0.25, 0.3) is 0 Å². The molecule has 0 aromatic heterocycles. The summed E-state index contributed by atoms with van der Waals surface area (Å²) in [5.41, 5.74) is -0.351. The Bertz CT molecular complexity index is 405. The first kappa shape index (κ1) is 11.8. The molecule has 0 aromatic rings. The highest BCUT2D eigenvalue weighted by atomic mass is 16.6. The van der Waals surface area contributed by atoms with Gasteiger partial charge in [-0.15, -0.1) is 13.2 Å². The number of rotatable bonds is 2. The first-order valence-electron chi connectivity index (χ1n) is 6.87. The molecule has 1 saturated carbocycles. The standard InChI is InChI=1S/C16H20O2/c1-3-11-9-10-12(4-2)16(11)14-8-6-5-7-13(14)15(17)18-16/h3-6,11-14H,1-2,7-10H2/t11-,12-,13-,14+/m1/s1. The maximum atomic E-state index is 12.2. The summed E-state index contributed by atoms with van der Waals surface area (Å²) >= 11 is 0. The number of hydrogen-bond acceptors (Lipinski definition) is 2. The fraction of sp³-hybridized carbons (Fsp3) is 0.562. The van der Waals surface area contributed by atoms with Gasteiger partial charge in [-0.3, -0.25) is 4.79 Å². The molecule has 4 atom stereocenters. The second-order valence-corrected chi connectivity index (χ2v) is 5.69. The smallest absolute Gasteiger partial charge is 0.310 e. The summed E-state index contributed by atoms with van der Waals surface area (Å²) < 4.78 is 5.94. The Morgan fingerprint density at radius 3 is 2.39 bits per heavy atom. The van der Waals surface area contributed by atoms with Gasteiger partial charge in [-0.25, -0.2) is 0 Å². The maximum absolute atomic E-state index is 12.2. The minimum atomic E-state index is -0.351. The summed E-state index contributed by atoms with van der Waals surface area (Å²) in [4.78, 5) is 12.2. The molecule has 2 nitrogen and oxygen atoms in total.